The second-order valence-corrected chi connectivity index (χ2v) is 5.08. The van der Waals surface area contributed by atoms with Gasteiger partial charge in [-0.25, -0.2) is 4.68 Å². The lowest BCUT2D eigenvalue weighted by atomic mass is 9.69. The maximum Gasteiger partial charge on any atom is 0.311 e. The van der Waals surface area contributed by atoms with Crippen LogP contribution in [0.5, 0.6) is 0 Å². The molecule has 1 aliphatic carbocycles. The van der Waals surface area contributed by atoms with E-state index in [-0.39, 0.29) is 11.8 Å². The van der Waals surface area contributed by atoms with Gasteiger partial charge >= 0.3 is 5.97 Å². The van der Waals surface area contributed by atoms with Gasteiger partial charge in [-0.2, -0.15) is 0 Å². The van der Waals surface area contributed by atoms with Gasteiger partial charge in [-0.3, -0.25) is 4.79 Å². The first-order valence-electron chi connectivity index (χ1n) is 5.86. The van der Waals surface area contributed by atoms with E-state index in [4.69, 9.17) is 16.0 Å². The summed E-state index contributed by atoms with van der Waals surface area (Å²) < 4.78 is 6.71. The van der Waals surface area contributed by atoms with E-state index in [1.807, 2.05) is 0 Å². The van der Waals surface area contributed by atoms with Crippen LogP contribution in [-0.2, 0) is 11.3 Å². The zero-order valence-electron chi connectivity index (χ0n) is 9.91. The SMILES string of the molecule is O=C(O)C1(Cn2nnnc2-c2ccc(Cl)o2)CCC1. The van der Waals surface area contributed by atoms with Crippen molar-refractivity contribution in [2.24, 2.45) is 5.41 Å². The zero-order chi connectivity index (χ0) is 13.5. The van der Waals surface area contributed by atoms with Crippen molar-refractivity contribution in [3.8, 4) is 11.6 Å². The quantitative estimate of drug-likeness (QED) is 0.919. The molecular formula is C11H11ClN4O3. The van der Waals surface area contributed by atoms with Crippen molar-refractivity contribution in [1.82, 2.24) is 20.2 Å². The summed E-state index contributed by atoms with van der Waals surface area (Å²) in [4.78, 5) is 11.4. The first-order valence-corrected chi connectivity index (χ1v) is 6.24. The Morgan fingerprint density at radius 1 is 1.53 bits per heavy atom. The highest BCUT2D eigenvalue weighted by atomic mass is 35.5. The first-order chi connectivity index (χ1) is 9.11. The van der Waals surface area contributed by atoms with Gasteiger partial charge in [-0.1, -0.05) is 6.42 Å². The predicted octanol–water partition coefficient (Wildman–Crippen LogP) is 1.84. The Morgan fingerprint density at radius 2 is 2.32 bits per heavy atom. The van der Waals surface area contributed by atoms with E-state index in [9.17, 15) is 9.90 Å². The van der Waals surface area contributed by atoms with Crippen LogP contribution in [0.25, 0.3) is 11.6 Å². The van der Waals surface area contributed by atoms with Gasteiger partial charge in [0.1, 0.15) is 0 Å². The normalized spacial score (nSPS) is 17.1. The van der Waals surface area contributed by atoms with Gasteiger partial charge < -0.3 is 9.52 Å². The molecule has 0 unspecified atom stereocenters. The van der Waals surface area contributed by atoms with E-state index in [2.05, 4.69) is 15.5 Å². The number of furan rings is 1. The van der Waals surface area contributed by atoms with E-state index in [1.54, 1.807) is 12.1 Å². The molecule has 100 valence electrons. The Balaban J connectivity index is 1.90. The molecule has 0 radical (unpaired) electrons. The summed E-state index contributed by atoms with van der Waals surface area (Å²) in [7, 11) is 0. The van der Waals surface area contributed by atoms with Gasteiger partial charge in [0, 0.05) is 0 Å². The Hall–Kier alpha value is -1.89. The predicted molar refractivity (Wildman–Crippen MR) is 64.4 cm³/mol. The van der Waals surface area contributed by atoms with Crippen LogP contribution in [0.4, 0.5) is 0 Å². The van der Waals surface area contributed by atoms with Crippen LogP contribution >= 0.6 is 11.6 Å². The van der Waals surface area contributed by atoms with Gasteiger partial charge in [0.05, 0.1) is 12.0 Å². The number of hydrogen-bond donors (Lipinski definition) is 1. The largest absolute Gasteiger partial charge is 0.481 e. The van der Waals surface area contributed by atoms with Crippen LogP contribution in [-0.4, -0.2) is 31.3 Å². The molecule has 0 saturated heterocycles. The fourth-order valence-corrected chi connectivity index (χ4v) is 2.40. The first kappa shape index (κ1) is 12.2. The monoisotopic (exact) mass is 282 g/mol. The average molecular weight is 283 g/mol. The lowest BCUT2D eigenvalue weighted by molar-refractivity contribution is -0.156. The second kappa shape index (κ2) is 4.34. The van der Waals surface area contributed by atoms with Crippen molar-refractivity contribution >= 4 is 17.6 Å². The van der Waals surface area contributed by atoms with Crippen molar-refractivity contribution in [2.75, 3.05) is 0 Å². The maximum atomic E-state index is 11.4. The van der Waals surface area contributed by atoms with Crippen LogP contribution < -0.4 is 0 Å². The molecule has 2 aromatic heterocycles. The number of aromatic nitrogens is 4. The third-order valence-electron chi connectivity index (χ3n) is 3.54. The van der Waals surface area contributed by atoms with Crippen molar-refractivity contribution in [1.29, 1.82) is 0 Å². The molecule has 1 N–H and O–H groups in total. The molecule has 2 aromatic rings. The highest BCUT2D eigenvalue weighted by molar-refractivity contribution is 6.28. The number of carbonyl (C=O) groups is 1. The fourth-order valence-electron chi connectivity index (χ4n) is 2.25. The van der Waals surface area contributed by atoms with E-state index in [0.717, 1.165) is 6.42 Å². The smallest absolute Gasteiger partial charge is 0.311 e. The zero-order valence-corrected chi connectivity index (χ0v) is 10.7. The number of tetrazole rings is 1. The molecule has 0 bridgehead atoms. The minimum absolute atomic E-state index is 0.237. The van der Waals surface area contributed by atoms with Crippen LogP contribution in [0.1, 0.15) is 19.3 Å². The van der Waals surface area contributed by atoms with Crippen molar-refractivity contribution < 1.29 is 14.3 Å². The Bertz CT molecular complexity index is 617. The summed E-state index contributed by atoms with van der Waals surface area (Å²) in [6, 6.07) is 3.24. The molecule has 1 saturated carbocycles. The second-order valence-electron chi connectivity index (χ2n) is 4.70. The fraction of sp³-hybridized carbons (Fsp3) is 0.455. The van der Waals surface area contributed by atoms with Gasteiger partial charge in [-0.15, -0.1) is 5.10 Å². The summed E-state index contributed by atoms with van der Waals surface area (Å²) in [5.41, 5.74) is -0.763. The molecule has 3 rings (SSSR count). The lowest BCUT2D eigenvalue weighted by Crippen LogP contribution is -2.42. The summed E-state index contributed by atoms with van der Waals surface area (Å²) in [6.07, 6.45) is 2.19. The summed E-state index contributed by atoms with van der Waals surface area (Å²) in [6.45, 7) is 0.239. The number of halogens is 1. The van der Waals surface area contributed by atoms with Crippen LogP contribution in [0.2, 0.25) is 5.22 Å². The molecule has 0 aliphatic heterocycles. The lowest BCUT2D eigenvalue weighted by Gasteiger charge is -2.37. The topological polar surface area (TPSA) is 94.0 Å². The van der Waals surface area contributed by atoms with Crippen LogP contribution in [0.15, 0.2) is 16.5 Å². The van der Waals surface area contributed by atoms with Crippen molar-refractivity contribution in [3.05, 3.63) is 17.4 Å². The Labute approximate surface area is 113 Å². The molecule has 19 heavy (non-hydrogen) atoms. The number of rotatable bonds is 4. The number of carboxylic acids is 1. The van der Waals surface area contributed by atoms with Gasteiger partial charge in [0.2, 0.25) is 5.82 Å². The summed E-state index contributed by atoms with van der Waals surface area (Å²) >= 11 is 5.71. The van der Waals surface area contributed by atoms with Gasteiger partial charge in [0.15, 0.2) is 11.0 Å². The molecule has 1 aliphatic rings. The van der Waals surface area contributed by atoms with Crippen LogP contribution in [0.3, 0.4) is 0 Å². The minimum Gasteiger partial charge on any atom is -0.481 e. The minimum atomic E-state index is -0.808. The van der Waals surface area contributed by atoms with E-state index in [1.165, 1.54) is 4.68 Å². The molecular weight excluding hydrogens is 272 g/mol. The van der Waals surface area contributed by atoms with E-state index in [0.29, 0.717) is 24.4 Å². The number of carboxylic acid groups (broad SMARTS) is 1. The van der Waals surface area contributed by atoms with Gasteiger partial charge in [0.25, 0.3) is 0 Å². The molecule has 0 spiro atoms. The van der Waals surface area contributed by atoms with E-state index < -0.39 is 11.4 Å². The van der Waals surface area contributed by atoms with Gasteiger partial charge in [-0.05, 0) is 47.0 Å². The van der Waals surface area contributed by atoms with E-state index >= 15 is 0 Å². The molecule has 0 aromatic carbocycles. The molecule has 1 fully saturated rings. The number of hydrogen-bond acceptors (Lipinski definition) is 5. The molecule has 0 amide bonds. The van der Waals surface area contributed by atoms with Crippen molar-refractivity contribution in [3.63, 3.8) is 0 Å². The average Bonchev–Trinajstić information content (AvgIpc) is 2.91. The molecule has 7 nitrogen and oxygen atoms in total. The number of nitrogens with zero attached hydrogens (tertiary/aromatic N) is 4. The Morgan fingerprint density at radius 3 is 2.84 bits per heavy atom. The maximum absolute atomic E-state index is 11.4. The van der Waals surface area contributed by atoms with Crippen molar-refractivity contribution in [2.45, 2.75) is 25.8 Å². The molecule has 8 heteroatoms. The van der Waals surface area contributed by atoms with Crippen LogP contribution in [0, 0.1) is 5.41 Å². The standard InChI is InChI=1S/C11H11ClN4O3/c12-8-3-2-7(19-8)9-13-14-15-16(9)6-11(10(17)18)4-1-5-11/h2-3H,1,4-6H2,(H,17,18). The summed E-state index contributed by atoms with van der Waals surface area (Å²) in [5.74, 6) is 0.00645. The third-order valence-corrected chi connectivity index (χ3v) is 3.75. The third kappa shape index (κ3) is 1.99. The highest BCUT2D eigenvalue weighted by Gasteiger charge is 2.45. The number of aliphatic carboxylic acids is 1. The highest BCUT2D eigenvalue weighted by Crippen LogP contribution is 2.43. The Kier molecular flexibility index (Phi) is 2.78. The molecule has 2 heterocycles. The molecule has 0 atom stereocenters. The summed E-state index contributed by atoms with van der Waals surface area (Å²) in [5, 5.41) is 20.8.